The maximum Gasteiger partial charge on any atom is 0.137 e. The van der Waals surface area contributed by atoms with E-state index in [1.54, 1.807) is 16.8 Å². The van der Waals surface area contributed by atoms with Crippen LogP contribution >= 0.6 is 0 Å². The van der Waals surface area contributed by atoms with Crippen molar-refractivity contribution in [3.8, 4) is 5.82 Å². The number of para-hydroxylation sites is 1. The van der Waals surface area contributed by atoms with Gasteiger partial charge in [0.2, 0.25) is 0 Å². The van der Waals surface area contributed by atoms with Gasteiger partial charge in [0, 0.05) is 21.4 Å². The molecule has 0 fully saturated rings. The van der Waals surface area contributed by atoms with E-state index in [2.05, 4.69) is 4.98 Å². The quantitative estimate of drug-likeness (QED) is 0.603. The van der Waals surface area contributed by atoms with Gasteiger partial charge in [0.25, 0.3) is 0 Å². The molecule has 0 radical (unpaired) electrons. The molecular formula is C14H12N2. The number of nitrogens with zero attached hydrogens (tertiary/aromatic N) is 2. The van der Waals surface area contributed by atoms with Crippen LogP contribution in [0.4, 0.5) is 0 Å². The Bertz CT molecular complexity index is 714. The zero-order valence-electron chi connectivity index (χ0n) is 11.6. The SMILES string of the molecule is [2H]C([2H])([2H])c1cc2ccccc2n1-c1ccccn1. The van der Waals surface area contributed by atoms with Crippen LogP contribution in [0.15, 0.2) is 54.7 Å². The van der Waals surface area contributed by atoms with Crippen LogP contribution in [0.2, 0.25) is 0 Å². The second-order valence-corrected chi connectivity index (χ2v) is 3.61. The van der Waals surface area contributed by atoms with Gasteiger partial charge >= 0.3 is 0 Å². The summed E-state index contributed by atoms with van der Waals surface area (Å²) in [7, 11) is 0. The molecule has 3 rings (SSSR count). The molecule has 2 heteroatoms. The highest BCUT2D eigenvalue weighted by atomic mass is 15.1. The summed E-state index contributed by atoms with van der Waals surface area (Å²) in [4.78, 5) is 4.26. The van der Waals surface area contributed by atoms with Gasteiger partial charge in [0.05, 0.1) is 5.52 Å². The highest BCUT2D eigenvalue weighted by molar-refractivity contribution is 5.82. The molecule has 0 spiro atoms. The third-order valence-corrected chi connectivity index (χ3v) is 2.59. The van der Waals surface area contributed by atoms with Gasteiger partial charge in [0.15, 0.2) is 0 Å². The Morgan fingerprint density at radius 1 is 1.12 bits per heavy atom. The van der Waals surface area contributed by atoms with Crippen molar-refractivity contribution >= 4 is 10.9 Å². The highest BCUT2D eigenvalue weighted by Gasteiger charge is 2.06. The number of benzene rings is 1. The van der Waals surface area contributed by atoms with E-state index >= 15 is 0 Å². The van der Waals surface area contributed by atoms with Gasteiger partial charge in [-0.1, -0.05) is 24.3 Å². The zero-order valence-corrected chi connectivity index (χ0v) is 8.59. The Morgan fingerprint density at radius 2 is 2.00 bits per heavy atom. The van der Waals surface area contributed by atoms with Crippen LogP contribution in [0.1, 0.15) is 9.81 Å². The second-order valence-electron chi connectivity index (χ2n) is 3.61. The predicted octanol–water partition coefficient (Wildman–Crippen LogP) is 3.33. The van der Waals surface area contributed by atoms with Gasteiger partial charge in [-0.25, -0.2) is 4.98 Å². The monoisotopic (exact) mass is 211 g/mol. The normalized spacial score (nSPS) is 14.4. The zero-order chi connectivity index (χ0) is 13.5. The van der Waals surface area contributed by atoms with E-state index in [0.29, 0.717) is 5.82 Å². The summed E-state index contributed by atoms with van der Waals surface area (Å²) in [6.45, 7) is -2.17. The molecule has 0 amide bonds. The maximum atomic E-state index is 7.68. The van der Waals surface area contributed by atoms with Crippen LogP contribution in [0, 0.1) is 6.85 Å². The van der Waals surface area contributed by atoms with Crippen molar-refractivity contribution in [2.75, 3.05) is 0 Å². The number of fused-ring (bicyclic) bond motifs is 1. The molecule has 2 nitrogen and oxygen atoms in total. The van der Waals surface area contributed by atoms with E-state index in [1.807, 2.05) is 42.5 Å². The summed E-state index contributed by atoms with van der Waals surface area (Å²) in [5.41, 5.74) is 1.14. The number of hydrogen-bond acceptors (Lipinski definition) is 1. The minimum absolute atomic E-state index is 0.285. The lowest BCUT2D eigenvalue weighted by atomic mass is 10.2. The Balaban J connectivity index is 2.38. The summed E-state index contributed by atoms with van der Waals surface area (Å²) < 4.78 is 24.7. The van der Waals surface area contributed by atoms with E-state index in [-0.39, 0.29) is 5.69 Å². The summed E-state index contributed by atoms with van der Waals surface area (Å²) in [5, 5.41) is 0.902. The molecule has 0 aliphatic rings. The summed E-state index contributed by atoms with van der Waals surface area (Å²) >= 11 is 0. The Labute approximate surface area is 98.4 Å². The van der Waals surface area contributed by atoms with Crippen LogP contribution in [0.25, 0.3) is 16.7 Å². The van der Waals surface area contributed by atoms with Crippen molar-refractivity contribution in [1.29, 1.82) is 0 Å². The smallest absolute Gasteiger partial charge is 0.137 e. The van der Waals surface area contributed by atoms with E-state index < -0.39 is 6.85 Å². The fourth-order valence-corrected chi connectivity index (χ4v) is 1.89. The number of hydrogen-bond donors (Lipinski definition) is 0. The minimum Gasteiger partial charge on any atom is -0.299 e. The molecule has 0 unspecified atom stereocenters. The molecule has 0 aliphatic heterocycles. The molecule has 0 N–H and O–H groups in total. The van der Waals surface area contributed by atoms with Crippen molar-refractivity contribution < 1.29 is 4.11 Å². The molecule has 2 heterocycles. The first kappa shape index (κ1) is 6.48. The standard InChI is InChI=1S/C14H12N2/c1-11-10-12-6-2-3-7-13(12)16(11)14-8-4-5-9-15-14/h2-10H,1H3/i1D3. The molecule has 0 saturated heterocycles. The van der Waals surface area contributed by atoms with E-state index in [1.165, 1.54) is 0 Å². The first-order valence-corrected chi connectivity index (χ1v) is 5.10. The van der Waals surface area contributed by atoms with E-state index in [9.17, 15) is 0 Å². The molecule has 3 aromatic rings. The molecular weight excluding hydrogens is 196 g/mol. The molecule has 1 aromatic carbocycles. The third-order valence-electron chi connectivity index (χ3n) is 2.59. The number of aryl methyl sites for hydroxylation is 1. The number of rotatable bonds is 1. The first-order chi connectivity index (χ1) is 9.07. The molecule has 0 bridgehead atoms. The molecule has 2 aromatic heterocycles. The lowest BCUT2D eigenvalue weighted by Crippen LogP contribution is -1.97. The minimum atomic E-state index is -2.17. The largest absolute Gasteiger partial charge is 0.299 e. The first-order valence-electron chi connectivity index (χ1n) is 6.60. The number of pyridine rings is 1. The van der Waals surface area contributed by atoms with E-state index in [0.717, 1.165) is 10.9 Å². The lowest BCUT2D eigenvalue weighted by molar-refractivity contribution is 0.994. The van der Waals surface area contributed by atoms with Gasteiger partial charge in [-0.2, -0.15) is 0 Å². The molecule has 16 heavy (non-hydrogen) atoms. The summed E-state index contributed by atoms with van der Waals surface area (Å²) in [5.74, 6) is 0.620. The van der Waals surface area contributed by atoms with Crippen molar-refractivity contribution in [2.24, 2.45) is 0 Å². The van der Waals surface area contributed by atoms with Crippen molar-refractivity contribution in [3.05, 3.63) is 60.4 Å². The molecule has 78 valence electrons. The molecule has 0 saturated carbocycles. The maximum absolute atomic E-state index is 7.68. The fourth-order valence-electron chi connectivity index (χ4n) is 1.89. The third kappa shape index (κ3) is 1.31. The topological polar surface area (TPSA) is 17.8 Å². The fraction of sp³-hybridized carbons (Fsp3) is 0.0714. The Kier molecular flexibility index (Phi) is 1.41. The summed E-state index contributed by atoms with van der Waals surface area (Å²) in [6, 6.07) is 14.8. The average molecular weight is 211 g/mol. The van der Waals surface area contributed by atoms with Crippen LogP contribution in [0.5, 0.6) is 0 Å². The number of aromatic nitrogens is 2. The molecule has 0 aliphatic carbocycles. The average Bonchev–Trinajstić information content (AvgIpc) is 2.79. The Morgan fingerprint density at radius 3 is 2.81 bits per heavy atom. The van der Waals surface area contributed by atoms with Crippen LogP contribution in [-0.2, 0) is 0 Å². The van der Waals surface area contributed by atoms with Crippen molar-refractivity contribution in [3.63, 3.8) is 0 Å². The van der Waals surface area contributed by atoms with Gasteiger partial charge in [0.1, 0.15) is 5.82 Å². The van der Waals surface area contributed by atoms with Crippen LogP contribution in [0.3, 0.4) is 0 Å². The van der Waals surface area contributed by atoms with Crippen LogP contribution in [-0.4, -0.2) is 9.55 Å². The predicted molar refractivity (Wildman–Crippen MR) is 65.8 cm³/mol. The Hall–Kier alpha value is -2.09. The summed E-state index contributed by atoms with van der Waals surface area (Å²) in [6.07, 6.45) is 1.66. The van der Waals surface area contributed by atoms with Gasteiger partial charge < -0.3 is 0 Å². The second kappa shape index (κ2) is 3.49. The van der Waals surface area contributed by atoms with Gasteiger partial charge in [-0.05, 0) is 31.1 Å². The van der Waals surface area contributed by atoms with Gasteiger partial charge in [-0.3, -0.25) is 4.57 Å². The highest BCUT2D eigenvalue weighted by Crippen LogP contribution is 2.22. The van der Waals surface area contributed by atoms with Crippen LogP contribution < -0.4 is 0 Å². The molecule has 0 atom stereocenters. The van der Waals surface area contributed by atoms with Gasteiger partial charge in [-0.15, -0.1) is 0 Å². The van der Waals surface area contributed by atoms with E-state index in [4.69, 9.17) is 4.11 Å². The lowest BCUT2D eigenvalue weighted by Gasteiger charge is -2.06. The van der Waals surface area contributed by atoms with Crippen molar-refractivity contribution in [1.82, 2.24) is 9.55 Å². The van der Waals surface area contributed by atoms with Crippen molar-refractivity contribution in [2.45, 2.75) is 6.85 Å².